The van der Waals surface area contributed by atoms with Gasteiger partial charge in [0.15, 0.2) is 5.82 Å². The van der Waals surface area contributed by atoms with Crippen LogP contribution >= 0.6 is 0 Å². The van der Waals surface area contributed by atoms with Crippen LogP contribution < -0.4 is 0 Å². The van der Waals surface area contributed by atoms with Crippen molar-refractivity contribution >= 4 is 0 Å². The maximum Gasteiger partial charge on any atom is 0.154 e. The summed E-state index contributed by atoms with van der Waals surface area (Å²) in [6.07, 6.45) is 20.2. The third kappa shape index (κ3) is 7.76. The minimum atomic E-state index is 0.155. The highest BCUT2D eigenvalue weighted by Crippen LogP contribution is 2.34. The smallest absolute Gasteiger partial charge is 0.154 e. The molecular formula is C20H40N4. The summed E-state index contributed by atoms with van der Waals surface area (Å²) in [5.41, 5.74) is 0.155. The second-order valence-corrected chi connectivity index (χ2v) is 7.38. The van der Waals surface area contributed by atoms with Crippen LogP contribution in [0.25, 0.3) is 0 Å². The molecule has 0 fully saturated rings. The number of tetrazole rings is 1. The first kappa shape index (κ1) is 21.1. The minimum Gasteiger partial charge on any atom is -0.242 e. The molecule has 0 unspecified atom stereocenters. The molecule has 0 radical (unpaired) electrons. The molecule has 1 rings (SSSR count). The zero-order chi connectivity index (χ0) is 17.5. The predicted molar refractivity (Wildman–Crippen MR) is 102 cm³/mol. The number of nitrogens with zero attached hydrogens (tertiary/aromatic N) is 3. The summed E-state index contributed by atoms with van der Waals surface area (Å²) >= 11 is 0. The van der Waals surface area contributed by atoms with Crippen molar-refractivity contribution in [3.8, 4) is 0 Å². The molecule has 4 nitrogen and oxygen atoms in total. The average Bonchev–Trinajstić information content (AvgIpc) is 3.15. The summed E-state index contributed by atoms with van der Waals surface area (Å²) in [5.74, 6) is 0.982. The molecule has 0 aliphatic rings. The molecule has 24 heavy (non-hydrogen) atoms. The van der Waals surface area contributed by atoms with E-state index in [-0.39, 0.29) is 5.41 Å². The Hall–Kier alpha value is -0.930. The zero-order valence-corrected chi connectivity index (χ0v) is 16.4. The maximum atomic E-state index is 4.19. The lowest BCUT2D eigenvalue weighted by Crippen LogP contribution is -2.26. The van der Waals surface area contributed by atoms with Gasteiger partial charge in [0.05, 0.1) is 0 Å². The largest absolute Gasteiger partial charge is 0.242 e. The standard InChI is InChI=1S/C20H40N4/c1-4-7-8-9-10-11-12-13-14-15-16-17-18-20(5-2,6-3)19-21-23-24-22-19/h4-18H2,1-3H3,(H,21,22,23,24). The van der Waals surface area contributed by atoms with Gasteiger partial charge in [0, 0.05) is 5.41 Å². The van der Waals surface area contributed by atoms with E-state index in [1.807, 2.05) is 0 Å². The van der Waals surface area contributed by atoms with E-state index >= 15 is 0 Å². The van der Waals surface area contributed by atoms with E-state index in [1.54, 1.807) is 0 Å². The number of rotatable bonds is 16. The first-order valence-corrected chi connectivity index (χ1v) is 10.5. The van der Waals surface area contributed by atoms with Crippen molar-refractivity contribution in [2.75, 3.05) is 0 Å². The highest BCUT2D eigenvalue weighted by Gasteiger charge is 2.31. The van der Waals surface area contributed by atoms with Gasteiger partial charge < -0.3 is 0 Å². The Kier molecular flexibility index (Phi) is 11.8. The van der Waals surface area contributed by atoms with Crippen LogP contribution in [0, 0.1) is 0 Å². The molecule has 4 heteroatoms. The highest BCUT2D eigenvalue weighted by atomic mass is 15.5. The lowest BCUT2D eigenvalue weighted by molar-refractivity contribution is 0.329. The molecule has 0 spiro atoms. The fourth-order valence-electron chi connectivity index (χ4n) is 3.75. The minimum absolute atomic E-state index is 0.155. The van der Waals surface area contributed by atoms with Crippen molar-refractivity contribution in [3.63, 3.8) is 0 Å². The number of nitrogens with one attached hydrogen (secondary N) is 1. The van der Waals surface area contributed by atoms with Gasteiger partial charge in [-0.05, 0) is 29.7 Å². The third-order valence-corrected chi connectivity index (χ3v) is 5.71. The molecule has 0 saturated carbocycles. The molecule has 1 aromatic rings. The molecule has 0 atom stereocenters. The highest BCUT2D eigenvalue weighted by molar-refractivity contribution is 5.03. The van der Waals surface area contributed by atoms with E-state index in [4.69, 9.17) is 0 Å². The van der Waals surface area contributed by atoms with Crippen molar-refractivity contribution in [2.45, 2.75) is 122 Å². The van der Waals surface area contributed by atoms with Crippen molar-refractivity contribution in [1.82, 2.24) is 20.6 Å². The number of H-pyrrole nitrogens is 1. The van der Waals surface area contributed by atoms with Gasteiger partial charge in [-0.3, -0.25) is 0 Å². The summed E-state index contributed by atoms with van der Waals surface area (Å²) in [5, 5.41) is 14.7. The van der Waals surface area contributed by atoms with Gasteiger partial charge in [0.2, 0.25) is 0 Å². The van der Waals surface area contributed by atoms with Crippen LogP contribution in [-0.2, 0) is 5.41 Å². The molecule has 0 aliphatic carbocycles. The third-order valence-electron chi connectivity index (χ3n) is 5.71. The number of aromatic nitrogens is 4. The quantitative estimate of drug-likeness (QED) is 0.358. The lowest BCUT2D eigenvalue weighted by Gasteiger charge is -2.28. The van der Waals surface area contributed by atoms with Crippen molar-refractivity contribution in [1.29, 1.82) is 0 Å². The van der Waals surface area contributed by atoms with Crippen LogP contribution in [0.4, 0.5) is 0 Å². The lowest BCUT2D eigenvalue weighted by atomic mass is 9.77. The van der Waals surface area contributed by atoms with Crippen LogP contribution in [0.1, 0.15) is 123 Å². The number of aromatic amines is 1. The van der Waals surface area contributed by atoms with E-state index in [0.29, 0.717) is 0 Å². The van der Waals surface area contributed by atoms with E-state index < -0.39 is 0 Å². The fourth-order valence-corrected chi connectivity index (χ4v) is 3.75. The number of hydrogen-bond acceptors (Lipinski definition) is 3. The van der Waals surface area contributed by atoms with E-state index in [9.17, 15) is 0 Å². The average molecular weight is 337 g/mol. The maximum absolute atomic E-state index is 4.19. The molecule has 1 N–H and O–H groups in total. The summed E-state index contributed by atoms with van der Waals surface area (Å²) in [4.78, 5) is 0. The normalized spacial score (nSPS) is 12.0. The van der Waals surface area contributed by atoms with Crippen LogP contribution in [0.3, 0.4) is 0 Å². The Morgan fingerprint density at radius 3 is 1.62 bits per heavy atom. The summed E-state index contributed by atoms with van der Waals surface area (Å²) < 4.78 is 0. The van der Waals surface area contributed by atoms with Gasteiger partial charge in [-0.25, -0.2) is 5.10 Å². The van der Waals surface area contributed by atoms with Gasteiger partial charge in [-0.15, -0.1) is 5.10 Å². The molecule has 0 aromatic carbocycles. The van der Waals surface area contributed by atoms with E-state index in [1.165, 1.54) is 83.5 Å². The molecule has 0 saturated heterocycles. The summed E-state index contributed by atoms with van der Waals surface area (Å²) in [7, 11) is 0. The molecule has 1 heterocycles. The summed E-state index contributed by atoms with van der Waals surface area (Å²) in [6, 6.07) is 0. The molecule has 140 valence electrons. The van der Waals surface area contributed by atoms with Gasteiger partial charge in [-0.1, -0.05) is 97.8 Å². The second kappa shape index (κ2) is 13.4. The topological polar surface area (TPSA) is 54.5 Å². The Balaban J connectivity index is 2.03. The molecule has 0 amide bonds. The fraction of sp³-hybridized carbons (Fsp3) is 0.950. The van der Waals surface area contributed by atoms with Gasteiger partial charge in [-0.2, -0.15) is 0 Å². The first-order chi connectivity index (χ1) is 11.8. The monoisotopic (exact) mass is 336 g/mol. The Morgan fingerprint density at radius 1 is 0.708 bits per heavy atom. The van der Waals surface area contributed by atoms with E-state index in [2.05, 4.69) is 41.4 Å². The Labute approximate surface area is 149 Å². The number of unbranched alkanes of at least 4 members (excludes halogenated alkanes) is 11. The summed E-state index contributed by atoms with van der Waals surface area (Å²) in [6.45, 7) is 6.80. The van der Waals surface area contributed by atoms with E-state index in [0.717, 1.165) is 18.7 Å². The SMILES string of the molecule is CCCCCCCCCCCCCCC(CC)(CC)c1nnn[nH]1. The molecule has 0 bridgehead atoms. The first-order valence-electron chi connectivity index (χ1n) is 10.5. The van der Waals surface area contributed by atoms with Crippen LogP contribution in [-0.4, -0.2) is 20.6 Å². The van der Waals surface area contributed by atoms with Gasteiger partial charge in [0.25, 0.3) is 0 Å². The van der Waals surface area contributed by atoms with Crippen LogP contribution in [0.15, 0.2) is 0 Å². The molecular weight excluding hydrogens is 296 g/mol. The zero-order valence-electron chi connectivity index (χ0n) is 16.4. The van der Waals surface area contributed by atoms with Crippen LogP contribution in [0.5, 0.6) is 0 Å². The molecule has 0 aliphatic heterocycles. The Bertz CT molecular complexity index is 371. The molecule has 1 aromatic heterocycles. The Morgan fingerprint density at radius 2 is 1.21 bits per heavy atom. The van der Waals surface area contributed by atoms with Crippen molar-refractivity contribution < 1.29 is 0 Å². The second-order valence-electron chi connectivity index (χ2n) is 7.38. The number of hydrogen-bond donors (Lipinski definition) is 1. The van der Waals surface area contributed by atoms with Gasteiger partial charge >= 0.3 is 0 Å². The predicted octanol–water partition coefficient (Wildman–Crippen LogP) is 6.35. The van der Waals surface area contributed by atoms with Crippen molar-refractivity contribution in [3.05, 3.63) is 5.82 Å². The van der Waals surface area contributed by atoms with Crippen molar-refractivity contribution in [2.24, 2.45) is 0 Å². The van der Waals surface area contributed by atoms with Gasteiger partial charge in [0.1, 0.15) is 0 Å². The van der Waals surface area contributed by atoms with Crippen LogP contribution in [0.2, 0.25) is 0 Å².